The Bertz CT molecular complexity index is 872. The van der Waals surface area contributed by atoms with E-state index >= 15 is 0 Å². The molecule has 2 fully saturated rings. The summed E-state index contributed by atoms with van der Waals surface area (Å²) in [4.78, 5) is 27.0. The van der Waals surface area contributed by atoms with E-state index in [9.17, 15) is 9.59 Å². The third kappa shape index (κ3) is 3.50. The van der Waals surface area contributed by atoms with Gasteiger partial charge < -0.3 is 9.64 Å². The molecule has 7 heteroatoms. The fourth-order valence-electron chi connectivity index (χ4n) is 3.84. The number of benzene rings is 1. The second kappa shape index (κ2) is 7.21. The maximum Gasteiger partial charge on any atom is 0.345 e. The van der Waals surface area contributed by atoms with Crippen molar-refractivity contribution in [2.45, 2.75) is 44.6 Å². The van der Waals surface area contributed by atoms with Crippen LogP contribution in [0.4, 0.5) is 0 Å². The highest BCUT2D eigenvalue weighted by atomic mass is 16.5. The van der Waals surface area contributed by atoms with Gasteiger partial charge in [0.25, 0.3) is 5.91 Å². The second-order valence-electron chi connectivity index (χ2n) is 7.39. The van der Waals surface area contributed by atoms with E-state index in [-0.39, 0.29) is 17.5 Å². The molecule has 1 aromatic carbocycles. The van der Waals surface area contributed by atoms with Gasteiger partial charge in [0.2, 0.25) is 0 Å². The average molecular weight is 370 g/mol. The molecule has 1 aromatic heterocycles. The molecule has 1 saturated carbocycles. The number of aromatic nitrogens is 3. The number of aryl methyl sites for hydroxylation is 1. The van der Waals surface area contributed by atoms with Crippen molar-refractivity contribution in [3.05, 3.63) is 46.1 Å². The van der Waals surface area contributed by atoms with Crippen molar-refractivity contribution in [1.29, 1.82) is 0 Å². The van der Waals surface area contributed by atoms with Crippen LogP contribution in [0.15, 0.2) is 29.1 Å². The molecule has 1 amide bonds. The van der Waals surface area contributed by atoms with Crippen LogP contribution in [0.2, 0.25) is 0 Å². The molecule has 2 heterocycles. The van der Waals surface area contributed by atoms with Crippen LogP contribution in [0.3, 0.4) is 0 Å². The fraction of sp³-hybridized carbons (Fsp3) is 0.550. The van der Waals surface area contributed by atoms with E-state index in [1.54, 1.807) is 7.05 Å². The molecule has 0 N–H and O–H groups in total. The van der Waals surface area contributed by atoms with Gasteiger partial charge in [0.1, 0.15) is 11.6 Å². The summed E-state index contributed by atoms with van der Waals surface area (Å²) >= 11 is 0. The molecule has 0 atom stereocenters. The van der Waals surface area contributed by atoms with Gasteiger partial charge >= 0.3 is 5.69 Å². The van der Waals surface area contributed by atoms with E-state index in [1.165, 1.54) is 4.68 Å². The Hall–Kier alpha value is -2.57. The molecule has 0 unspecified atom stereocenters. The Balaban J connectivity index is 1.42. The molecule has 4 rings (SSSR count). The van der Waals surface area contributed by atoms with Gasteiger partial charge in [-0.15, -0.1) is 0 Å². The van der Waals surface area contributed by atoms with Gasteiger partial charge in [0.05, 0.1) is 6.61 Å². The van der Waals surface area contributed by atoms with E-state index in [0.29, 0.717) is 31.3 Å². The van der Waals surface area contributed by atoms with Crippen LogP contribution in [0.5, 0.6) is 5.75 Å². The Morgan fingerprint density at radius 2 is 1.81 bits per heavy atom. The number of hydrogen-bond donors (Lipinski definition) is 0. The van der Waals surface area contributed by atoms with Crippen LogP contribution in [-0.2, 0) is 7.05 Å². The molecule has 144 valence electrons. The molecule has 1 saturated heterocycles. The van der Waals surface area contributed by atoms with E-state index in [0.717, 1.165) is 37.3 Å². The first-order valence-corrected chi connectivity index (χ1v) is 9.76. The Morgan fingerprint density at radius 1 is 1.15 bits per heavy atom. The smallest absolute Gasteiger partial charge is 0.345 e. The van der Waals surface area contributed by atoms with Crippen molar-refractivity contribution < 1.29 is 9.53 Å². The van der Waals surface area contributed by atoms with Gasteiger partial charge in [-0.25, -0.2) is 9.48 Å². The summed E-state index contributed by atoms with van der Waals surface area (Å²) in [6.45, 7) is 3.92. The Kier molecular flexibility index (Phi) is 4.76. The number of nitrogens with zero attached hydrogens (tertiary/aromatic N) is 4. The lowest BCUT2D eigenvalue weighted by Crippen LogP contribution is -2.38. The minimum atomic E-state index is -0.0135. The average Bonchev–Trinajstić information content (AvgIpc) is 3.48. The first-order valence-electron chi connectivity index (χ1n) is 9.76. The minimum Gasteiger partial charge on any atom is -0.494 e. The van der Waals surface area contributed by atoms with Crippen molar-refractivity contribution in [2.75, 3.05) is 19.7 Å². The summed E-state index contributed by atoms with van der Waals surface area (Å²) in [6.07, 6.45) is 3.80. The fourth-order valence-corrected chi connectivity index (χ4v) is 3.84. The maximum absolute atomic E-state index is 12.8. The summed E-state index contributed by atoms with van der Waals surface area (Å²) in [6, 6.07) is 7.65. The Labute approximate surface area is 158 Å². The highest BCUT2D eigenvalue weighted by molar-refractivity contribution is 5.94. The summed E-state index contributed by atoms with van der Waals surface area (Å²) < 4.78 is 8.77. The molecule has 0 radical (unpaired) electrons. The Morgan fingerprint density at radius 3 is 2.41 bits per heavy atom. The van der Waals surface area contributed by atoms with Crippen molar-refractivity contribution in [3.8, 4) is 5.75 Å². The van der Waals surface area contributed by atoms with Crippen molar-refractivity contribution in [2.24, 2.45) is 7.05 Å². The predicted molar refractivity (Wildman–Crippen MR) is 101 cm³/mol. The van der Waals surface area contributed by atoms with Gasteiger partial charge in [-0.1, -0.05) is 0 Å². The number of rotatable bonds is 5. The number of hydrogen-bond acceptors (Lipinski definition) is 4. The van der Waals surface area contributed by atoms with Crippen LogP contribution in [0.25, 0.3) is 0 Å². The first kappa shape index (κ1) is 17.8. The lowest BCUT2D eigenvalue weighted by molar-refractivity contribution is 0.0710. The number of amides is 1. The van der Waals surface area contributed by atoms with Crippen LogP contribution >= 0.6 is 0 Å². The van der Waals surface area contributed by atoms with E-state index in [1.807, 2.05) is 40.7 Å². The number of ether oxygens (including phenoxy) is 1. The molecule has 1 aliphatic heterocycles. The van der Waals surface area contributed by atoms with Gasteiger partial charge in [-0.2, -0.15) is 5.10 Å². The molecule has 1 aliphatic carbocycles. The van der Waals surface area contributed by atoms with Gasteiger partial charge in [-0.05, 0) is 56.9 Å². The first-order chi connectivity index (χ1) is 13.1. The number of carbonyl (C=O) groups is 1. The molecular formula is C20H26N4O3. The van der Waals surface area contributed by atoms with Crippen LogP contribution in [0.1, 0.15) is 60.7 Å². The SMILES string of the molecule is CCOc1ccc(C(=O)N2CCC(c3nn(C)c(=O)n3C3CC3)CC2)cc1. The highest BCUT2D eigenvalue weighted by Crippen LogP contribution is 2.37. The van der Waals surface area contributed by atoms with E-state index < -0.39 is 0 Å². The molecule has 2 aliphatic rings. The minimum absolute atomic E-state index is 0.0135. The zero-order valence-electron chi connectivity index (χ0n) is 15.9. The summed E-state index contributed by atoms with van der Waals surface area (Å²) in [7, 11) is 1.72. The molecule has 27 heavy (non-hydrogen) atoms. The molecule has 2 aromatic rings. The monoisotopic (exact) mass is 370 g/mol. The number of likely N-dealkylation sites (tertiary alicyclic amines) is 1. The van der Waals surface area contributed by atoms with Crippen LogP contribution in [0, 0.1) is 0 Å². The molecular weight excluding hydrogens is 344 g/mol. The third-order valence-corrected chi connectivity index (χ3v) is 5.45. The topological polar surface area (TPSA) is 69.4 Å². The maximum atomic E-state index is 12.8. The van der Waals surface area contributed by atoms with Crippen molar-refractivity contribution >= 4 is 5.91 Å². The zero-order chi connectivity index (χ0) is 19.0. The summed E-state index contributed by atoms with van der Waals surface area (Å²) in [5.41, 5.74) is 0.671. The highest BCUT2D eigenvalue weighted by Gasteiger charge is 2.34. The predicted octanol–water partition coefficient (Wildman–Crippen LogP) is 2.34. The standard InChI is InChI=1S/C20H26N4O3/c1-3-27-17-8-4-15(5-9-17)19(25)23-12-10-14(11-13-23)18-21-22(2)20(26)24(18)16-6-7-16/h4-5,8-9,14,16H,3,6-7,10-13H2,1-2H3. The summed E-state index contributed by atoms with van der Waals surface area (Å²) in [5.74, 6) is 1.97. The van der Waals surface area contributed by atoms with E-state index in [2.05, 4.69) is 5.10 Å². The quantitative estimate of drug-likeness (QED) is 0.810. The normalized spacial score (nSPS) is 17.9. The zero-order valence-corrected chi connectivity index (χ0v) is 15.9. The molecule has 0 spiro atoms. The number of piperidine rings is 1. The van der Waals surface area contributed by atoms with Crippen molar-refractivity contribution in [3.63, 3.8) is 0 Å². The van der Waals surface area contributed by atoms with Crippen LogP contribution < -0.4 is 10.4 Å². The van der Waals surface area contributed by atoms with Crippen molar-refractivity contribution in [1.82, 2.24) is 19.2 Å². The lowest BCUT2D eigenvalue weighted by atomic mass is 9.95. The van der Waals surface area contributed by atoms with Gasteiger partial charge in [-0.3, -0.25) is 9.36 Å². The molecule has 0 bridgehead atoms. The molecule has 7 nitrogen and oxygen atoms in total. The second-order valence-corrected chi connectivity index (χ2v) is 7.39. The lowest BCUT2D eigenvalue weighted by Gasteiger charge is -2.31. The van der Waals surface area contributed by atoms with E-state index in [4.69, 9.17) is 4.74 Å². The number of carbonyl (C=O) groups excluding carboxylic acids is 1. The largest absolute Gasteiger partial charge is 0.494 e. The third-order valence-electron chi connectivity index (χ3n) is 5.45. The summed E-state index contributed by atoms with van der Waals surface area (Å²) in [5, 5.41) is 4.50. The van der Waals surface area contributed by atoms with Gasteiger partial charge in [0.15, 0.2) is 0 Å². The van der Waals surface area contributed by atoms with Gasteiger partial charge in [0, 0.05) is 37.7 Å². The van der Waals surface area contributed by atoms with Crippen LogP contribution in [-0.4, -0.2) is 44.9 Å².